The second-order valence-electron chi connectivity index (χ2n) is 6.23. The summed E-state index contributed by atoms with van der Waals surface area (Å²) in [5.41, 5.74) is 2.85. The predicted molar refractivity (Wildman–Crippen MR) is 98.0 cm³/mol. The van der Waals surface area contributed by atoms with Gasteiger partial charge in [-0.25, -0.2) is 4.98 Å². The fourth-order valence-electron chi connectivity index (χ4n) is 2.93. The average molecular weight is 341 g/mol. The zero-order valence-corrected chi connectivity index (χ0v) is 15.1. The van der Waals surface area contributed by atoms with E-state index in [2.05, 4.69) is 24.8 Å². The molecule has 1 unspecified atom stereocenters. The van der Waals surface area contributed by atoms with Crippen LogP contribution in [0.2, 0.25) is 0 Å². The first-order valence-electron chi connectivity index (χ1n) is 8.50. The van der Waals surface area contributed by atoms with Crippen molar-refractivity contribution in [1.29, 1.82) is 5.26 Å². The summed E-state index contributed by atoms with van der Waals surface area (Å²) in [7, 11) is 0. The van der Waals surface area contributed by atoms with Crippen molar-refractivity contribution in [2.75, 3.05) is 18.1 Å². The van der Waals surface area contributed by atoms with E-state index in [1.165, 1.54) is 17.7 Å². The predicted octanol–water partition coefficient (Wildman–Crippen LogP) is 4.73. The van der Waals surface area contributed by atoms with E-state index in [0.717, 1.165) is 42.5 Å². The Kier molecular flexibility index (Phi) is 5.49. The number of benzene rings is 1. The van der Waals surface area contributed by atoms with Gasteiger partial charge in [0.2, 0.25) is 0 Å². The van der Waals surface area contributed by atoms with E-state index >= 15 is 0 Å². The highest BCUT2D eigenvalue weighted by Gasteiger charge is 2.19. The molecule has 0 aliphatic carbocycles. The van der Waals surface area contributed by atoms with Crippen LogP contribution in [0.3, 0.4) is 0 Å². The molecular weight excluding hydrogens is 318 g/mol. The Bertz CT molecular complexity index is 692. The van der Waals surface area contributed by atoms with Crippen LogP contribution in [-0.4, -0.2) is 24.2 Å². The largest absolute Gasteiger partial charge is 0.378 e. The van der Waals surface area contributed by atoms with Gasteiger partial charge in [0.05, 0.1) is 23.4 Å². The highest BCUT2D eigenvalue weighted by atomic mass is 32.1. The van der Waals surface area contributed by atoms with E-state index in [-0.39, 0.29) is 0 Å². The molecule has 1 fully saturated rings. The minimum atomic E-state index is 0.349. The Morgan fingerprint density at radius 2 is 2.08 bits per heavy atom. The van der Waals surface area contributed by atoms with E-state index in [0.29, 0.717) is 11.7 Å². The maximum absolute atomic E-state index is 9.01. The molecule has 0 spiro atoms. The number of anilines is 2. The maximum atomic E-state index is 9.01. The summed E-state index contributed by atoms with van der Waals surface area (Å²) in [6.45, 7) is 5.92. The molecule has 4 nitrogen and oxygen atoms in total. The molecule has 0 N–H and O–H groups in total. The molecule has 1 aliphatic heterocycles. The summed E-state index contributed by atoms with van der Waals surface area (Å²) in [4.78, 5) is 8.23. The van der Waals surface area contributed by atoms with Crippen LogP contribution in [0.25, 0.3) is 0 Å². The SMILES string of the molecule is Cc1nc(N(CCC2CCCCO2)c2ccc(C#N)cc2)sc1C. The van der Waals surface area contributed by atoms with Gasteiger partial charge in [0.15, 0.2) is 5.13 Å². The van der Waals surface area contributed by atoms with Crippen LogP contribution in [0, 0.1) is 25.2 Å². The first-order valence-corrected chi connectivity index (χ1v) is 9.32. The maximum Gasteiger partial charge on any atom is 0.190 e. The summed E-state index contributed by atoms with van der Waals surface area (Å²) in [5, 5.41) is 10.0. The van der Waals surface area contributed by atoms with Gasteiger partial charge >= 0.3 is 0 Å². The fourth-order valence-corrected chi connectivity index (χ4v) is 3.89. The monoisotopic (exact) mass is 341 g/mol. The molecule has 2 heterocycles. The molecule has 126 valence electrons. The average Bonchev–Trinajstić information content (AvgIpc) is 2.95. The molecule has 1 aromatic heterocycles. The van der Waals surface area contributed by atoms with Gasteiger partial charge in [-0.05, 0) is 63.8 Å². The minimum Gasteiger partial charge on any atom is -0.378 e. The van der Waals surface area contributed by atoms with Crippen molar-refractivity contribution in [2.45, 2.75) is 45.6 Å². The second kappa shape index (κ2) is 7.78. The Balaban J connectivity index is 1.80. The van der Waals surface area contributed by atoms with Crippen LogP contribution >= 0.6 is 11.3 Å². The number of thiazole rings is 1. The number of aryl methyl sites for hydroxylation is 2. The third kappa shape index (κ3) is 3.95. The Morgan fingerprint density at radius 3 is 2.67 bits per heavy atom. The van der Waals surface area contributed by atoms with Gasteiger partial charge in [-0.1, -0.05) is 0 Å². The number of rotatable bonds is 5. The molecule has 0 bridgehead atoms. The van der Waals surface area contributed by atoms with Crippen LogP contribution in [-0.2, 0) is 4.74 Å². The first kappa shape index (κ1) is 16.9. The number of hydrogen-bond donors (Lipinski definition) is 0. The number of hydrogen-bond acceptors (Lipinski definition) is 5. The lowest BCUT2D eigenvalue weighted by molar-refractivity contribution is 0.0128. The van der Waals surface area contributed by atoms with Crippen molar-refractivity contribution in [3.8, 4) is 6.07 Å². The van der Waals surface area contributed by atoms with Crippen molar-refractivity contribution in [3.63, 3.8) is 0 Å². The Hall–Kier alpha value is -1.90. The Morgan fingerprint density at radius 1 is 1.29 bits per heavy atom. The van der Waals surface area contributed by atoms with Gasteiger partial charge in [-0.3, -0.25) is 0 Å². The van der Waals surface area contributed by atoms with E-state index in [9.17, 15) is 0 Å². The highest BCUT2D eigenvalue weighted by Crippen LogP contribution is 2.32. The van der Waals surface area contributed by atoms with Gasteiger partial charge in [-0.2, -0.15) is 5.26 Å². The third-order valence-electron chi connectivity index (χ3n) is 4.50. The smallest absolute Gasteiger partial charge is 0.190 e. The molecule has 1 aliphatic rings. The van der Waals surface area contributed by atoms with Crippen LogP contribution in [0.5, 0.6) is 0 Å². The van der Waals surface area contributed by atoms with Crippen molar-refractivity contribution in [2.24, 2.45) is 0 Å². The molecule has 1 atom stereocenters. The lowest BCUT2D eigenvalue weighted by atomic mass is 10.1. The number of nitriles is 1. The molecule has 0 amide bonds. The summed E-state index contributed by atoms with van der Waals surface area (Å²) in [6, 6.07) is 9.93. The zero-order valence-electron chi connectivity index (χ0n) is 14.3. The van der Waals surface area contributed by atoms with Gasteiger partial charge in [0, 0.05) is 23.7 Å². The van der Waals surface area contributed by atoms with E-state index in [1.54, 1.807) is 11.3 Å². The molecule has 1 saturated heterocycles. The quantitative estimate of drug-likeness (QED) is 0.789. The van der Waals surface area contributed by atoms with Gasteiger partial charge in [0.25, 0.3) is 0 Å². The normalized spacial score (nSPS) is 17.5. The van der Waals surface area contributed by atoms with Crippen LogP contribution in [0.4, 0.5) is 10.8 Å². The first-order chi connectivity index (χ1) is 11.7. The molecular formula is C19H23N3OS. The summed E-state index contributed by atoms with van der Waals surface area (Å²) in [5.74, 6) is 0. The topological polar surface area (TPSA) is 49.2 Å². The van der Waals surface area contributed by atoms with Crippen molar-refractivity contribution in [1.82, 2.24) is 4.98 Å². The minimum absolute atomic E-state index is 0.349. The standard InChI is InChI=1S/C19H23N3OS/c1-14-15(2)24-19(21-14)22(11-10-18-5-3-4-12-23-18)17-8-6-16(13-20)7-9-17/h6-9,18H,3-5,10-12H2,1-2H3. The van der Waals surface area contributed by atoms with E-state index in [1.807, 2.05) is 24.3 Å². The van der Waals surface area contributed by atoms with Crippen molar-refractivity contribution < 1.29 is 4.74 Å². The number of nitrogens with zero attached hydrogens (tertiary/aromatic N) is 3. The molecule has 3 rings (SSSR count). The van der Waals surface area contributed by atoms with Crippen LogP contribution in [0.15, 0.2) is 24.3 Å². The Labute approximate surface area is 147 Å². The molecule has 0 radical (unpaired) electrons. The lowest BCUT2D eigenvalue weighted by Crippen LogP contribution is -2.26. The summed E-state index contributed by atoms with van der Waals surface area (Å²) < 4.78 is 5.88. The van der Waals surface area contributed by atoms with Crippen LogP contribution in [0.1, 0.15) is 41.8 Å². The van der Waals surface area contributed by atoms with E-state index < -0.39 is 0 Å². The van der Waals surface area contributed by atoms with Crippen molar-refractivity contribution in [3.05, 3.63) is 40.4 Å². The third-order valence-corrected chi connectivity index (χ3v) is 5.60. The van der Waals surface area contributed by atoms with E-state index in [4.69, 9.17) is 15.0 Å². The molecule has 0 saturated carbocycles. The molecule has 5 heteroatoms. The number of aromatic nitrogens is 1. The van der Waals surface area contributed by atoms with Gasteiger partial charge < -0.3 is 9.64 Å². The fraction of sp³-hybridized carbons (Fsp3) is 0.474. The summed E-state index contributed by atoms with van der Waals surface area (Å²) in [6.07, 6.45) is 4.94. The van der Waals surface area contributed by atoms with Gasteiger partial charge in [-0.15, -0.1) is 11.3 Å². The van der Waals surface area contributed by atoms with Crippen LogP contribution < -0.4 is 4.90 Å². The molecule has 1 aromatic carbocycles. The van der Waals surface area contributed by atoms with Crippen molar-refractivity contribution >= 4 is 22.2 Å². The molecule has 24 heavy (non-hydrogen) atoms. The highest BCUT2D eigenvalue weighted by molar-refractivity contribution is 7.15. The zero-order chi connectivity index (χ0) is 16.9. The second-order valence-corrected chi connectivity index (χ2v) is 7.41. The number of ether oxygens (including phenoxy) is 1. The molecule has 2 aromatic rings. The lowest BCUT2D eigenvalue weighted by Gasteiger charge is -2.27. The summed E-state index contributed by atoms with van der Waals surface area (Å²) >= 11 is 1.72. The van der Waals surface area contributed by atoms with Gasteiger partial charge in [0.1, 0.15) is 0 Å².